The van der Waals surface area contributed by atoms with E-state index < -0.39 is 0 Å². The number of aromatic nitrogens is 1. The van der Waals surface area contributed by atoms with Crippen LogP contribution in [0.2, 0.25) is 0 Å². The molecule has 19 heavy (non-hydrogen) atoms. The van der Waals surface area contributed by atoms with Crippen molar-refractivity contribution < 1.29 is 0 Å². The molecular weight excluding hydrogens is 254 g/mol. The van der Waals surface area contributed by atoms with Crippen molar-refractivity contribution in [1.29, 1.82) is 0 Å². The highest BCUT2D eigenvalue weighted by Crippen LogP contribution is 2.12. The van der Waals surface area contributed by atoms with E-state index in [0.717, 1.165) is 18.7 Å². The van der Waals surface area contributed by atoms with Gasteiger partial charge in [0.2, 0.25) is 0 Å². The molecule has 0 fully saturated rings. The number of anilines is 1. The molecule has 0 saturated heterocycles. The highest BCUT2D eigenvalue weighted by molar-refractivity contribution is 7.80. The highest BCUT2D eigenvalue weighted by atomic mass is 32.1. The Kier molecular flexibility index (Phi) is 4.47. The van der Waals surface area contributed by atoms with Crippen molar-refractivity contribution >= 4 is 22.9 Å². The maximum atomic E-state index is 5.65. The number of aryl methyl sites for hydroxylation is 1. The monoisotopic (exact) mass is 271 g/mol. The quantitative estimate of drug-likeness (QED) is 0.821. The topological polar surface area (TPSA) is 50.9 Å². The summed E-state index contributed by atoms with van der Waals surface area (Å²) >= 11 is 4.99. The van der Waals surface area contributed by atoms with Gasteiger partial charge >= 0.3 is 0 Å². The van der Waals surface area contributed by atoms with Crippen molar-refractivity contribution in [2.45, 2.75) is 13.3 Å². The smallest absolute Gasteiger partial charge is 0.124 e. The van der Waals surface area contributed by atoms with E-state index in [2.05, 4.69) is 41.5 Å². The van der Waals surface area contributed by atoms with Crippen molar-refractivity contribution in [2.24, 2.45) is 5.73 Å². The first-order valence-corrected chi connectivity index (χ1v) is 6.62. The maximum Gasteiger partial charge on any atom is 0.124 e. The van der Waals surface area contributed by atoms with Gasteiger partial charge < -0.3 is 11.1 Å². The molecule has 0 radical (unpaired) electrons. The Morgan fingerprint density at radius 2 is 2.16 bits per heavy atom. The number of rotatable bonds is 5. The minimum Gasteiger partial charge on any atom is -0.388 e. The van der Waals surface area contributed by atoms with E-state index in [1.165, 1.54) is 11.1 Å². The molecule has 0 unspecified atom stereocenters. The molecule has 0 aliphatic rings. The molecule has 4 heteroatoms. The van der Waals surface area contributed by atoms with Crippen molar-refractivity contribution in [1.82, 2.24) is 4.98 Å². The molecule has 0 amide bonds. The first kappa shape index (κ1) is 13.5. The molecule has 0 bridgehead atoms. The number of pyridine rings is 1. The predicted molar refractivity (Wildman–Crippen MR) is 83.5 cm³/mol. The highest BCUT2D eigenvalue weighted by Gasteiger charge is 2.05. The summed E-state index contributed by atoms with van der Waals surface area (Å²) in [4.78, 5) is 4.51. The van der Waals surface area contributed by atoms with E-state index in [-0.39, 0.29) is 0 Å². The van der Waals surface area contributed by atoms with Crippen LogP contribution in [0.4, 0.5) is 5.69 Å². The second kappa shape index (κ2) is 6.29. The van der Waals surface area contributed by atoms with E-state index in [1.54, 1.807) is 6.20 Å². The number of nitrogens with one attached hydrogen (secondary N) is 1. The molecule has 0 aliphatic heterocycles. The average Bonchev–Trinajstić information content (AvgIpc) is 2.39. The summed E-state index contributed by atoms with van der Waals surface area (Å²) in [6, 6.07) is 12.3. The third kappa shape index (κ3) is 3.76. The van der Waals surface area contributed by atoms with Gasteiger partial charge in [0.05, 0.1) is 5.69 Å². The molecule has 1 aromatic carbocycles. The van der Waals surface area contributed by atoms with Crippen LogP contribution in [0.1, 0.15) is 16.8 Å². The summed E-state index contributed by atoms with van der Waals surface area (Å²) in [5.41, 5.74) is 9.79. The Morgan fingerprint density at radius 3 is 2.89 bits per heavy atom. The first-order valence-electron chi connectivity index (χ1n) is 6.21. The lowest BCUT2D eigenvalue weighted by Crippen LogP contribution is -2.16. The van der Waals surface area contributed by atoms with Crippen LogP contribution < -0.4 is 11.1 Å². The third-order valence-electron chi connectivity index (χ3n) is 2.85. The lowest BCUT2D eigenvalue weighted by atomic mass is 10.1. The van der Waals surface area contributed by atoms with Crippen LogP contribution in [0.15, 0.2) is 42.6 Å². The number of hydrogen-bond donors (Lipinski definition) is 2. The predicted octanol–water partition coefficient (Wildman–Crippen LogP) is 2.68. The van der Waals surface area contributed by atoms with Gasteiger partial charge in [-0.2, -0.15) is 0 Å². The zero-order valence-corrected chi connectivity index (χ0v) is 11.7. The van der Waals surface area contributed by atoms with Gasteiger partial charge in [-0.25, -0.2) is 0 Å². The summed E-state index contributed by atoms with van der Waals surface area (Å²) in [7, 11) is 0. The molecule has 0 saturated carbocycles. The Morgan fingerprint density at radius 1 is 1.32 bits per heavy atom. The summed E-state index contributed by atoms with van der Waals surface area (Å²) in [5, 5.41) is 3.33. The minimum atomic E-state index is 0.318. The number of thiocarbonyl (C=S) groups is 1. The Hall–Kier alpha value is -1.94. The lowest BCUT2D eigenvalue weighted by molar-refractivity contribution is 1.01. The summed E-state index contributed by atoms with van der Waals surface area (Å²) in [5.74, 6) is 0. The molecule has 98 valence electrons. The molecule has 0 atom stereocenters. The molecule has 2 aromatic rings. The number of nitrogens with two attached hydrogens (primary N) is 1. The summed E-state index contributed by atoms with van der Waals surface area (Å²) < 4.78 is 0. The van der Waals surface area contributed by atoms with Gasteiger partial charge in [0.25, 0.3) is 0 Å². The van der Waals surface area contributed by atoms with Crippen molar-refractivity contribution in [2.75, 3.05) is 11.9 Å². The normalized spacial score (nSPS) is 10.2. The Bertz CT molecular complexity index is 581. The molecular formula is C15H17N3S. The largest absolute Gasteiger partial charge is 0.388 e. The summed E-state index contributed by atoms with van der Waals surface area (Å²) in [6.45, 7) is 2.92. The van der Waals surface area contributed by atoms with Crippen molar-refractivity contribution in [3.8, 4) is 0 Å². The van der Waals surface area contributed by atoms with Gasteiger partial charge in [-0.15, -0.1) is 0 Å². The SMILES string of the molecule is Cc1cccc(CCNc2cccnc2C(N)=S)c1. The molecule has 3 nitrogen and oxygen atoms in total. The van der Waals surface area contributed by atoms with E-state index in [9.17, 15) is 0 Å². The molecule has 2 rings (SSSR count). The molecule has 3 N–H and O–H groups in total. The van der Waals surface area contributed by atoms with Gasteiger partial charge in [0.15, 0.2) is 0 Å². The molecule has 1 aromatic heterocycles. The van der Waals surface area contributed by atoms with Gasteiger partial charge in [-0.05, 0) is 31.0 Å². The first-order chi connectivity index (χ1) is 9.16. The van der Waals surface area contributed by atoms with E-state index >= 15 is 0 Å². The maximum absolute atomic E-state index is 5.65. The standard InChI is InChI=1S/C15H17N3S/c1-11-4-2-5-12(10-11)7-9-17-13-6-3-8-18-14(13)15(16)19/h2-6,8,10,17H,7,9H2,1H3,(H2,16,19). The van der Waals surface area contributed by atoms with Crippen molar-refractivity contribution in [3.05, 3.63) is 59.4 Å². The minimum absolute atomic E-state index is 0.318. The van der Waals surface area contributed by atoms with Gasteiger partial charge in [0, 0.05) is 12.7 Å². The lowest BCUT2D eigenvalue weighted by Gasteiger charge is -2.10. The second-order valence-electron chi connectivity index (χ2n) is 4.43. The number of hydrogen-bond acceptors (Lipinski definition) is 3. The fourth-order valence-electron chi connectivity index (χ4n) is 1.95. The van der Waals surface area contributed by atoms with Gasteiger partial charge in [0.1, 0.15) is 10.7 Å². The summed E-state index contributed by atoms with van der Waals surface area (Å²) in [6.07, 6.45) is 2.65. The Balaban J connectivity index is 1.98. The number of benzene rings is 1. The zero-order chi connectivity index (χ0) is 13.7. The van der Waals surface area contributed by atoms with E-state index in [4.69, 9.17) is 18.0 Å². The molecule has 1 heterocycles. The Labute approximate surface area is 118 Å². The van der Waals surface area contributed by atoms with E-state index in [0.29, 0.717) is 10.7 Å². The zero-order valence-electron chi connectivity index (χ0n) is 10.9. The van der Waals surface area contributed by atoms with Crippen molar-refractivity contribution in [3.63, 3.8) is 0 Å². The van der Waals surface area contributed by atoms with Gasteiger partial charge in [-0.3, -0.25) is 4.98 Å². The fraction of sp³-hybridized carbons (Fsp3) is 0.200. The van der Waals surface area contributed by atoms with Crippen LogP contribution in [0, 0.1) is 6.92 Å². The number of nitrogens with zero attached hydrogens (tertiary/aromatic N) is 1. The fourth-order valence-corrected chi connectivity index (χ4v) is 2.12. The van der Waals surface area contributed by atoms with Crippen LogP contribution >= 0.6 is 12.2 Å². The van der Waals surface area contributed by atoms with Crippen LogP contribution in [0.25, 0.3) is 0 Å². The van der Waals surface area contributed by atoms with Gasteiger partial charge in [-0.1, -0.05) is 42.0 Å². The van der Waals surface area contributed by atoms with Crippen LogP contribution in [0.3, 0.4) is 0 Å². The van der Waals surface area contributed by atoms with E-state index in [1.807, 2.05) is 12.1 Å². The van der Waals surface area contributed by atoms with Crippen LogP contribution in [0.5, 0.6) is 0 Å². The molecule has 0 spiro atoms. The average molecular weight is 271 g/mol. The van der Waals surface area contributed by atoms with Crippen LogP contribution in [-0.2, 0) is 6.42 Å². The second-order valence-corrected chi connectivity index (χ2v) is 4.87. The van der Waals surface area contributed by atoms with Crippen LogP contribution in [-0.4, -0.2) is 16.5 Å². The molecule has 0 aliphatic carbocycles. The third-order valence-corrected chi connectivity index (χ3v) is 3.05.